The lowest BCUT2D eigenvalue weighted by atomic mass is 10.0. The summed E-state index contributed by atoms with van der Waals surface area (Å²) in [6, 6.07) is 4.10. The molecule has 0 saturated carbocycles. The van der Waals surface area contributed by atoms with E-state index in [1.807, 2.05) is 13.8 Å². The number of aliphatic hydroxyl groups is 1. The predicted octanol–water partition coefficient (Wildman–Crippen LogP) is 0.946. The molecule has 1 aliphatic heterocycles. The minimum atomic E-state index is -1.01. The van der Waals surface area contributed by atoms with Crippen molar-refractivity contribution in [2.24, 2.45) is 5.92 Å². The maximum absolute atomic E-state index is 12.4. The molecule has 0 radical (unpaired) electrons. The number of nitrogens with one attached hydrogen (secondary N) is 2. The van der Waals surface area contributed by atoms with Crippen molar-refractivity contribution in [3.63, 3.8) is 0 Å². The van der Waals surface area contributed by atoms with Crippen molar-refractivity contribution in [3.8, 4) is 0 Å². The topological polar surface area (TPSA) is 110 Å². The molecule has 2 amide bonds. The molecule has 1 aromatic heterocycles. The van der Waals surface area contributed by atoms with Gasteiger partial charge in [-0.2, -0.15) is 0 Å². The van der Waals surface area contributed by atoms with Crippen molar-refractivity contribution in [2.45, 2.75) is 51.7 Å². The van der Waals surface area contributed by atoms with E-state index < -0.39 is 24.5 Å². The van der Waals surface area contributed by atoms with Crippen LogP contribution in [0.5, 0.6) is 0 Å². The van der Waals surface area contributed by atoms with Gasteiger partial charge in [0.2, 0.25) is 5.91 Å². The number of alkyl carbamates (subject to hydrolysis) is 1. The second kappa shape index (κ2) is 9.33. The van der Waals surface area contributed by atoms with Crippen molar-refractivity contribution >= 4 is 12.0 Å². The number of rotatable bonds is 7. The standard InChI is InChI=1S/C17H25N3O5/c1-11(2)9-14(15(21)19-13-6-8-24-16(13)22)20-17(23)25-10-12-5-3-4-7-18-12/h3-5,7,11,13-14,16,22H,6,8-10H2,1-2H3,(H,19,21)(H,20,23). The molecule has 0 spiro atoms. The van der Waals surface area contributed by atoms with E-state index in [0.29, 0.717) is 25.1 Å². The van der Waals surface area contributed by atoms with Crippen molar-refractivity contribution in [1.82, 2.24) is 15.6 Å². The van der Waals surface area contributed by atoms with E-state index >= 15 is 0 Å². The van der Waals surface area contributed by atoms with Gasteiger partial charge in [0, 0.05) is 6.20 Å². The SMILES string of the molecule is CC(C)CC(NC(=O)OCc1ccccn1)C(=O)NC1CCOC1O. The van der Waals surface area contributed by atoms with Crippen molar-refractivity contribution in [2.75, 3.05) is 6.61 Å². The largest absolute Gasteiger partial charge is 0.443 e. The molecule has 3 unspecified atom stereocenters. The lowest BCUT2D eigenvalue weighted by molar-refractivity contribution is -0.127. The maximum Gasteiger partial charge on any atom is 0.408 e. The molecular weight excluding hydrogens is 326 g/mol. The van der Waals surface area contributed by atoms with Crippen LogP contribution in [0.25, 0.3) is 0 Å². The Hall–Kier alpha value is -2.19. The van der Waals surface area contributed by atoms with E-state index in [2.05, 4.69) is 15.6 Å². The average molecular weight is 351 g/mol. The summed E-state index contributed by atoms with van der Waals surface area (Å²) in [7, 11) is 0. The van der Waals surface area contributed by atoms with Gasteiger partial charge in [-0.3, -0.25) is 9.78 Å². The fraction of sp³-hybridized carbons (Fsp3) is 0.588. The van der Waals surface area contributed by atoms with Gasteiger partial charge in [-0.1, -0.05) is 19.9 Å². The summed E-state index contributed by atoms with van der Waals surface area (Å²) in [5.74, 6) is -0.172. The first-order valence-corrected chi connectivity index (χ1v) is 8.39. The van der Waals surface area contributed by atoms with E-state index in [4.69, 9.17) is 9.47 Å². The Morgan fingerprint density at radius 3 is 2.84 bits per heavy atom. The predicted molar refractivity (Wildman–Crippen MR) is 89.3 cm³/mol. The zero-order valence-corrected chi connectivity index (χ0v) is 14.5. The van der Waals surface area contributed by atoms with Gasteiger partial charge >= 0.3 is 6.09 Å². The van der Waals surface area contributed by atoms with E-state index in [1.165, 1.54) is 0 Å². The smallest absolute Gasteiger partial charge is 0.408 e. The average Bonchev–Trinajstić information content (AvgIpc) is 2.98. The summed E-state index contributed by atoms with van der Waals surface area (Å²) in [5.41, 5.74) is 0.619. The maximum atomic E-state index is 12.4. The number of carbonyl (C=O) groups is 2. The van der Waals surface area contributed by atoms with Gasteiger partial charge in [0.1, 0.15) is 12.6 Å². The lowest BCUT2D eigenvalue weighted by Crippen LogP contribution is -2.51. The summed E-state index contributed by atoms with van der Waals surface area (Å²) < 4.78 is 10.1. The summed E-state index contributed by atoms with van der Waals surface area (Å²) >= 11 is 0. The molecule has 8 nitrogen and oxygen atoms in total. The number of amides is 2. The fourth-order valence-corrected chi connectivity index (χ4v) is 2.51. The Bertz CT molecular complexity index is 567. The van der Waals surface area contributed by atoms with Crippen LogP contribution in [-0.4, -0.2) is 47.1 Å². The Balaban J connectivity index is 1.87. The van der Waals surface area contributed by atoms with E-state index in [0.717, 1.165) is 0 Å². The Morgan fingerprint density at radius 1 is 1.44 bits per heavy atom. The summed E-state index contributed by atoms with van der Waals surface area (Å²) in [6.45, 7) is 4.32. The van der Waals surface area contributed by atoms with Crippen molar-refractivity contribution < 1.29 is 24.2 Å². The number of hydrogen-bond acceptors (Lipinski definition) is 6. The molecule has 0 aliphatic carbocycles. The molecule has 25 heavy (non-hydrogen) atoms. The van der Waals surface area contributed by atoms with Crippen LogP contribution in [0, 0.1) is 5.92 Å². The molecule has 0 aromatic carbocycles. The number of nitrogens with zero attached hydrogens (tertiary/aromatic N) is 1. The quantitative estimate of drug-likeness (QED) is 0.675. The van der Waals surface area contributed by atoms with Crippen LogP contribution in [0.3, 0.4) is 0 Å². The highest BCUT2D eigenvalue weighted by Crippen LogP contribution is 2.12. The zero-order valence-electron chi connectivity index (χ0n) is 14.5. The molecule has 2 rings (SSSR count). The Labute approximate surface area is 146 Å². The van der Waals surface area contributed by atoms with Crippen LogP contribution in [0.1, 0.15) is 32.4 Å². The third-order valence-corrected chi connectivity index (χ3v) is 3.78. The molecule has 1 fully saturated rings. The number of ether oxygens (including phenoxy) is 2. The number of aromatic nitrogens is 1. The highest BCUT2D eigenvalue weighted by Gasteiger charge is 2.31. The monoisotopic (exact) mass is 351 g/mol. The first-order chi connectivity index (χ1) is 12.0. The fourth-order valence-electron chi connectivity index (χ4n) is 2.51. The molecular formula is C17H25N3O5. The summed E-state index contributed by atoms with van der Waals surface area (Å²) in [4.78, 5) is 28.5. The van der Waals surface area contributed by atoms with Gasteiger partial charge in [0.05, 0.1) is 18.3 Å². The molecule has 3 atom stereocenters. The normalized spacial score (nSPS) is 21.0. The minimum absolute atomic E-state index is 0.0257. The molecule has 1 aromatic rings. The highest BCUT2D eigenvalue weighted by atomic mass is 16.6. The molecule has 0 bridgehead atoms. The van der Waals surface area contributed by atoms with Crippen molar-refractivity contribution in [1.29, 1.82) is 0 Å². The van der Waals surface area contributed by atoms with Crippen LogP contribution < -0.4 is 10.6 Å². The number of aliphatic hydroxyl groups excluding tert-OH is 1. The number of carbonyl (C=O) groups excluding carboxylic acids is 2. The molecule has 138 valence electrons. The third kappa shape index (κ3) is 6.32. The Kier molecular flexibility index (Phi) is 7.15. The van der Waals surface area contributed by atoms with Crippen LogP contribution in [-0.2, 0) is 20.9 Å². The van der Waals surface area contributed by atoms with Crippen LogP contribution in [0.4, 0.5) is 4.79 Å². The summed E-state index contributed by atoms with van der Waals surface area (Å²) in [6.07, 6.45) is 0.898. The Morgan fingerprint density at radius 2 is 2.24 bits per heavy atom. The molecule has 8 heteroatoms. The van der Waals surface area contributed by atoms with Crippen molar-refractivity contribution in [3.05, 3.63) is 30.1 Å². The molecule has 1 saturated heterocycles. The van der Waals surface area contributed by atoms with Gasteiger partial charge in [-0.25, -0.2) is 4.79 Å². The van der Waals surface area contributed by atoms with Gasteiger partial charge in [-0.05, 0) is 30.9 Å². The summed E-state index contributed by atoms with van der Waals surface area (Å²) in [5, 5.41) is 14.9. The zero-order chi connectivity index (χ0) is 18.2. The van der Waals surface area contributed by atoms with E-state index in [9.17, 15) is 14.7 Å². The second-order valence-electron chi connectivity index (χ2n) is 6.39. The second-order valence-corrected chi connectivity index (χ2v) is 6.39. The first kappa shape index (κ1) is 19.1. The minimum Gasteiger partial charge on any atom is -0.443 e. The van der Waals surface area contributed by atoms with E-state index in [1.54, 1.807) is 24.4 Å². The molecule has 3 N–H and O–H groups in total. The van der Waals surface area contributed by atoms with Gasteiger partial charge in [-0.15, -0.1) is 0 Å². The van der Waals surface area contributed by atoms with Crippen LogP contribution >= 0.6 is 0 Å². The molecule has 2 heterocycles. The first-order valence-electron chi connectivity index (χ1n) is 8.39. The van der Waals surface area contributed by atoms with E-state index in [-0.39, 0.29) is 18.4 Å². The van der Waals surface area contributed by atoms with Crippen LogP contribution in [0.15, 0.2) is 24.4 Å². The van der Waals surface area contributed by atoms with Gasteiger partial charge in [0.15, 0.2) is 6.29 Å². The third-order valence-electron chi connectivity index (χ3n) is 3.78. The molecule has 1 aliphatic rings. The lowest BCUT2D eigenvalue weighted by Gasteiger charge is -2.23. The van der Waals surface area contributed by atoms with Gasteiger partial charge in [0.25, 0.3) is 0 Å². The highest BCUT2D eigenvalue weighted by molar-refractivity contribution is 5.85. The number of hydrogen-bond donors (Lipinski definition) is 3. The number of pyridine rings is 1. The van der Waals surface area contributed by atoms with Crippen LogP contribution in [0.2, 0.25) is 0 Å². The van der Waals surface area contributed by atoms with Gasteiger partial charge < -0.3 is 25.2 Å².